The Kier molecular flexibility index (Phi) is 3.79. The zero-order valence-corrected chi connectivity index (χ0v) is 10.2. The summed E-state index contributed by atoms with van der Waals surface area (Å²) in [7, 11) is 0. The molecule has 7 heteroatoms. The number of hydrogen-bond acceptors (Lipinski definition) is 4. The van der Waals surface area contributed by atoms with E-state index in [4.69, 9.17) is 10.5 Å². The quantitative estimate of drug-likeness (QED) is 0.530. The molecule has 0 spiro atoms. The zero-order chi connectivity index (χ0) is 14.7. The Labute approximate surface area is 112 Å². The summed E-state index contributed by atoms with van der Waals surface area (Å²) in [6, 6.07) is 6.76. The van der Waals surface area contributed by atoms with Crippen molar-refractivity contribution in [3.05, 3.63) is 63.7 Å². The molecule has 5 nitrogen and oxygen atoms in total. The highest BCUT2D eigenvalue weighted by atomic mass is 19.1. The maximum atomic E-state index is 13.4. The average Bonchev–Trinajstić information content (AvgIpc) is 2.39. The van der Waals surface area contributed by atoms with Gasteiger partial charge in [0.1, 0.15) is 12.4 Å². The Hall–Kier alpha value is -2.70. The van der Waals surface area contributed by atoms with Crippen molar-refractivity contribution in [2.75, 3.05) is 5.73 Å². The van der Waals surface area contributed by atoms with Crippen LogP contribution in [0.2, 0.25) is 0 Å². The van der Waals surface area contributed by atoms with Crippen LogP contribution in [-0.2, 0) is 6.61 Å². The third-order valence-electron chi connectivity index (χ3n) is 2.61. The van der Waals surface area contributed by atoms with Gasteiger partial charge in [0.05, 0.1) is 4.92 Å². The zero-order valence-electron chi connectivity index (χ0n) is 10.2. The molecule has 0 saturated carbocycles. The summed E-state index contributed by atoms with van der Waals surface area (Å²) in [5.41, 5.74) is 6.16. The van der Waals surface area contributed by atoms with Crippen LogP contribution in [0.25, 0.3) is 0 Å². The molecule has 104 valence electrons. The van der Waals surface area contributed by atoms with Gasteiger partial charge in [-0.2, -0.15) is 0 Å². The number of halogens is 2. The lowest BCUT2D eigenvalue weighted by molar-refractivity contribution is -0.384. The molecule has 0 amide bonds. The molecule has 2 aromatic rings. The van der Waals surface area contributed by atoms with Crippen LogP contribution in [0.3, 0.4) is 0 Å². The van der Waals surface area contributed by atoms with E-state index in [-0.39, 0.29) is 23.7 Å². The van der Waals surface area contributed by atoms with Gasteiger partial charge >= 0.3 is 0 Å². The number of nitro benzene ring substituents is 1. The molecule has 2 N–H and O–H groups in total. The number of benzene rings is 2. The van der Waals surface area contributed by atoms with Gasteiger partial charge in [-0.25, -0.2) is 8.78 Å². The van der Waals surface area contributed by atoms with Gasteiger partial charge < -0.3 is 10.5 Å². The van der Waals surface area contributed by atoms with Crippen molar-refractivity contribution in [2.24, 2.45) is 0 Å². The molecule has 0 aliphatic carbocycles. The normalized spacial score (nSPS) is 10.3. The first-order valence-corrected chi connectivity index (χ1v) is 5.58. The molecule has 2 aromatic carbocycles. The molecule has 0 unspecified atom stereocenters. The van der Waals surface area contributed by atoms with Crippen LogP contribution in [0.1, 0.15) is 5.56 Å². The van der Waals surface area contributed by atoms with Gasteiger partial charge in [0.15, 0.2) is 11.6 Å². The minimum atomic E-state index is -0.853. The summed E-state index contributed by atoms with van der Waals surface area (Å²) >= 11 is 0. The van der Waals surface area contributed by atoms with E-state index in [2.05, 4.69) is 0 Å². The first kappa shape index (κ1) is 13.7. The highest BCUT2D eigenvalue weighted by molar-refractivity contribution is 5.52. The van der Waals surface area contributed by atoms with Crippen LogP contribution in [0.4, 0.5) is 20.2 Å². The van der Waals surface area contributed by atoms with Crippen molar-refractivity contribution in [3.8, 4) is 5.75 Å². The summed E-state index contributed by atoms with van der Waals surface area (Å²) in [4.78, 5) is 10.1. The highest BCUT2D eigenvalue weighted by Crippen LogP contribution is 2.23. The van der Waals surface area contributed by atoms with Gasteiger partial charge in [-0.05, 0) is 18.2 Å². The topological polar surface area (TPSA) is 78.4 Å². The van der Waals surface area contributed by atoms with E-state index in [1.807, 2.05) is 0 Å². The minimum absolute atomic E-state index is 0.141. The Morgan fingerprint density at radius 2 is 1.95 bits per heavy atom. The molecule has 0 aliphatic rings. The molecule has 0 bridgehead atoms. The number of ether oxygens (including phenoxy) is 1. The summed E-state index contributed by atoms with van der Waals surface area (Å²) < 4.78 is 31.2. The third kappa shape index (κ3) is 3.00. The Morgan fingerprint density at radius 1 is 1.20 bits per heavy atom. The summed E-state index contributed by atoms with van der Waals surface area (Å²) in [5, 5.41) is 10.7. The molecule has 0 heterocycles. The Bertz CT molecular complexity index is 662. The van der Waals surface area contributed by atoms with E-state index in [0.29, 0.717) is 11.6 Å². The van der Waals surface area contributed by atoms with Crippen LogP contribution < -0.4 is 10.5 Å². The largest absolute Gasteiger partial charge is 0.486 e. The Morgan fingerprint density at radius 3 is 2.60 bits per heavy atom. The van der Waals surface area contributed by atoms with Crippen molar-refractivity contribution < 1.29 is 18.4 Å². The van der Waals surface area contributed by atoms with Gasteiger partial charge in [-0.1, -0.05) is 0 Å². The summed E-state index contributed by atoms with van der Waals surface area (Å²) in [6.45, 7) is -0.157. The van der Waals surface area contributed by atoms with E-state index in [1.54, 1.807) is 0 Å². The first-order chi connectivity index (χ1) is 9.47. The van der Waals surface area contributed by atoms with Crippen LogP contribution in [0.15, 0.2) is 36.4 Å². The van der Waals surface area contributed by atoms with E-state index in [9.17, 15) is 18.9 Å². The van der Waals surface area contributed by atoms with Crippen molar-refractivity contribution in [3.63, 3.8) is 0 Å². The van der Waals surface area contributed by atoms with E-state index in [1.165, 1.54) is 18.2 Å². The van der Waals surface area contributed by atoms with E-state index >= 15 is 0 Å². The van der Waals surface area contributed by atoms with Crippen LogP contribution in [0.5, 0.6) is 5.75 Å². The number of nitrogens with zero attached hydrogens (tertiary/aromatic N) is 1. The van der Waals surface area contributed by atoms with Gasteiger partial charge in [-0.15, -0.1) is 0 Å². The predicted molar refractivity (Wildman–Crippen MR) is 68.2 cm³/mol. The van der Waals surface area contributed by atoms with Crippen molar-refractivity contribution >= 4 is 11.4 Å². The summed E-state index contributed by atoms with van der Waals surface area (Å²) in [5.74, 6) is -1.73. The fourth-order valence-corrected chi connectivity index (χ4v) is 1.58. The van der Waals surface area contributed by atoms with Gasteiger partial charge in [0.25, 0.3) is 5.69 Å². The number of rotatable bonds is 4. The van der Waals surface area contributed by atoms with E-state index in [0.717, 1.165) is 12.1 Å². The van der Waals surface area contributed by atoms with E-state index < -0.39 is 16.6 Å². The number of nitrogen functional groups attached to an aromatic ring is 1. The number of hydrogen-bond donors (Lipinski definition) is 1. The second-order valence-electron chi connectivity index (χ2n) is 4.00. The molecule has 0 aromatic heterocycles. The molecular formula is C13H10F2N2O3. The number of non-ortho nitro benzene ring substituents is 1. The molecular weight excluding hydrogens is 270 g/mol. The molecule has 0 saturated heterocycles. The highest BCUT2D eigenvalue weighted by Gasteiger charge is 2.11. The summed E-state index contributed by atoms with van der Waals surface area (Å²) in [6.07, 6.45) is 0. The average molecular weight is 280 g/mol. The molecule has 0 aliphatic heterocycles. The van der Waals surface area contributed by atoms with Gasteiger partial charge in [0.2, 0.25) is 0 Å². The molecule has 2 rings (SSSR count). The maximum Gasteiger partial charge on any atom is 0.269 e. The number of nitro groups is 1. The fourth-order valence-electron chi connectivity index (χ4n) is 1.58. The second-order valence-corrected chi connectivity index (χ2v) is 4.00. The number of nitrogens with two attached hydrogens (primary N) is 1. The van der Waals surface area contributed by atoms with Crippen molar-refractivity contribution in [2.45, 2.75) is 6.61 Å². The lowest BCUT2D eigenvalue weighted by Crippen LogP contribution is -2.02. The predicted octanol–water partition coefficient (Wildman–Crippen LogP) is 3.03. The maximum absolute atomic E-state index is 13.4. The first-order valence-electron chi connectivity index (χ1n) is 5.58. The smallest absolute Gasteiger partial charge is 0.269 e. The molecule has 0 radical (unpaired) electrons. The van der Waals surface area contributed by atoms with Crippen molar-refractivity contribution in [1.29, 1.82) is 0 Å². The van der Waals surface area contributed by atoms with Crippen LogP contribution in [0, 0.1) is 21.7 Å². The lowest BCUT2D eigenvalue weighted by atomic mass is 10.1. The fraction of sp³-hybridized carbons (Fsp3) is 0.0769. The lowest BCUT2D eigenvalue weighted by Gasteiger charge is -2.09. The SMILES string of the molecule is Nc1ccc([N+](=O)[O-])cc1COc1ccc(F)cc1F. The monoisotopic (exact) mass is 280 g/mol. The van der Waals surface area contributed by atoms with Gasteiger partial charge in [-0.3, -0.25) is 10.1 Å². The molecule has 0 atom stereocenters. The van der Waals surface area contributed by atoms with Crippen LogP contribution >= 0.6 is 0 Å². The number of anilines is 1. The minimum Gasteiger partial charge on any atom is -0.486 e. The third-order valence-corrected chi connectivity index (χ3v) is 2.61. The van der Waals surface area contributed by atoms with Crippen LogP contribution in [-0.4, -0.2) is 4.92 Å². The second kappa shape index (κ2) is 5.52. The Balaban J connectivity index is 2.18. The van der Waals surface area contributed by atoms with Gasteiger partial charge in [0, 0.05) is 29.4 Å². The van der Waals surface area contributed by atoms with Crippen molar-refractivity contribution in [1.82, 2.24) is 0 Å². The molecule has 0 fully saturated rings. The molecule has 20 heavy (non-hydrogen) atoms. The standard InChI is InChI=1S/C13H10F2N2O3/c14-9-1-4-13(11(15)6-9)20-7-8-5-10(17(18)19)2-3-12(8)16/h1-6H,7,16H2.